The maximum absolute atomic E-state index is 12.3. The average molecular weight is 436 g/mol. The summed E-state index contributed by atoms with van der Waals surface area (Å²) in [5, 5.41) is 0. The van der Waals surface area contributed by atoms with Gasteiger partial charge in [0.15, 0.2) is 0 Å². The molecule has 1 fully saturated rings. The first-order chi connectivity index (χ1) is 15.2. The Kier molecular flexibility index (Phi) is 7.63. The van der Waals surface area contributed by atoms with E-state index in [2.05, 4.69) is 43.9 Å². The van der Waals surface area contributed by atoms with E-state index < -0.39 is 5.60 Å². The zero-order valence-electron chi connectivity index (χ0n) is 20.3. The first kappa shape index (κ1) is 23.9. The highest BCUT2D eigenvalue weighted by atomic mass is 16.6. The Morgan fingerprint density at radius 3 is 2.62 bits per heavy atom. The number of carbonyl (C=O) groups is 1. The molecule has 0 saturated carbocycles. The maximum atomic E-state index is 12.3. The molecular formula is C27H37N3O2. The Labute approximate surface area is 192 Å². The third-order valence-corrected chi connectivity index (χ3v) is 5.78. The number of hydrogen-bond donors (Lipinski definition) is 1. The summed E-state index contributed by atoms with van der Waals surface area (Å²) in [6.07, 6.45) is 13.7. The third-order valence-electron chi connectivity index (χ3n) is 5.78. The number of piperidine rings is 1. The van der Waals surface area contributed by atoms with Gasteiger partial charge in [-0.05, 0) is 83.1 Å². The quantitative estimate of drug-likeness (QED) is 0.429. The number of ether oxygens (including phenoxy) is 1. The molecule has 0 atom stereocenters. The van der Waals surface area contributed by atoms with E-state index in [1.807, 2.05) is 20.8 Å². The van der Waals surface area contributed by atoms with Crippen LogP contribution in [0.3, 0.4) is 0 Å². The SMILES string of the molecule is CCC1=C=CCCC2=CC(C)=CC(CC=C3CCN(C(=O)OC(C)(C)C)CC3)=NC2=C1N. The summed E-state index contributed by atoms with van der Waals surface area (Å²) in [6.45, 7) is 11.3. The van der Waals surface area contributed by atoms with E-state index in [0.29, 0.717) is 13.1 Å². The molecule has 32 heavy (non-hydrogen) atoms. The second-order valence-corrected chi connectivity index (χ2v) is 9.68. The van der Waals surface area contributed by atoms with Gasteiger partial charge in [-0.2, -0.15) is 0 Å². The lowest BCUT2D eigenvalue weighted by molar-refractivity contribution is 0.0236. The molecule has 2 heterocycles. The van der Waals surface area contributed by atoms with E-state index in [9.17, 15) is 4.79 Å². The van der Waals surface area contributed by atoms with Crippen molar-refractivity contribution in [3.63, 3.8) is 0 Å². The van der Waals surface area contributed by atoms with Gasteiger partial charge in [-0.3, -0.25) is 4.99 Å². The lowest BCUT2D eigenvalue weighted by Crippen LogP contribution is -2.40. The average Bonchev–Trinajstić information content (AvgIpc) is 2.88. The van der Waals surface area contributed by atoms with Crippen LogP contribution in [0.4, 0.5) is 4.79 Å². The lowest BCUT2D eigenvalue weighted by atomic mass is 9.97. The van der Waals surface area contributed by atoms with Gasteiger partial charge in [0.2, 0.25) is 0 Å². The van der Waals surface area contributed by atoms with Gasteiger partial charge < -0.3 is 15.4 Å². The third kappa shape index (κ3) is 6.37. The number of rotatable bonds is 3. The van der Waals surface area contributed by atoms with Gasteiger partial charge in [-0.15, -0.1) is 5.73 Å². The highest BCUT2D eigenvalue weighted by Gasteiger charge is 2.24. The fraction of sp³-hybridized carbons (Fsp3) is 0.519. The molecule has 172 valence electrons. The molecule has 0 spiro atoms. The van der Waals surface area contributed by atoms with Crippen LogP contribution in [0, 0.1) is 0 Å². The molecule has 3 aliphatic rings. The number of amides is 1. The van der Waals surface area contributed by atoms with Crippen LogP contribution in [0.1, 0.15) is 73.1 Å². The molecule has 1 aliphatic carbocycles. The van der Waals surface area contributed by atoms with Crippen molar-refractivity contribution in [1.82, 2.24) is 4.90 Å². The number of hydrogen-bond acceptors (Lipinski definition) is 4. The first-order valence-electron chi connectivity index (χ1n) is 11.7. The van der Waals surface area contributed by atoms with Crippen molar-refractivity contribution in [3.8, 4) is 0 Å². The maximum Gasteiger partial charge on any atom is 0.410 e. The van der Waals surface area contributed by atoms with Crippen LogP contribution in [0.5, 0.6) is 0 Å². The summed E-state index contributed by atoms with van der Waals surface area (Å²) >= 11 is 0. The Morgan fingerprint density at radius 1 is 1.25 bits per heavy atom. The molecule has 5 heteroatoms. The van der Waals surface area contributed by atoms with E-state index in [0.717, 1.165) is 61.2 Å². The highest BCUT2D eigenvalue weighted by molar-refractivity contribution is 5.98. The molecule has 0 unspecified atom stereocenters. The standard InChI is InChI=1S/C27H37N3O2/c1-6-21-9-7-8-10-22-17-19(2)18-23(29-25(22)24(21)28)12-11-20-13-15-30(16-14-20)26(31)32-27(3,4)5/h7,11,17-18H,6,8,10,12-16,28H2,1-5H3. The minimum absolute atomic E-state index is 0.220. The number of aliphatic imine (C=N–C) groups is 1. The van der Waals surface area contributed by atoms with Gasteiger partial charge in [-0.25, -0.2) is 4.79 Å². The fourth-order valence-corrected chi connectivity index (χ4v) is 4.12. The van der Waals surface area contributed by atoms with E-state index >= 15 is 0 Å². The van der Waals surface area contributed by atoms with Crippen molar-refractivity contribution in [3.05, 3.63) is 63.7 Å². The van der Waals surface area contributed by atoms with Gasteiger partial charge in [0.25, 0.3) is 0 Å². The molecule has 0 aromatic carbocycles. The number of fused-ring (bicyclic) bond motifs is 1. The van der Waals surface area contributed by atoms with Crippen LogP contribution < -0.4 is 5.73 Å². The normalized spacial score (nSPS) is 19.7. The zero-order valence-corrected chi connectivity index (χ0v) is 20.3. The van der Waals surface area contributed by atoms with Crippen LogP contribution in [-0.2, 0) is 4.74 Å². The molecule has 0 bridgehead atoms. The molecule has 0 aromatic heterocycles. The summed E-state index contributed by atoms with van der Waals surface area (Å²) < 4.78 is 5.50. The van der Waals surface area contributed by atoms with Crippen molar-refractivity contribution >= 4 is 11.8 Å². The van der Waals surface area contributed by atoms with Crippen molar-refractivity contribution in [2.75, 3.05) is 13.1 Å². The minimum Gasteiger partial charge on any atom is -0.444 e. The zero-order chi connectivity index (χ0) is 23.3. The van der Waals surface area contributed by atoms with Crippen LogP contribution in [0.25, 0.3) is 0 Å². The lowest BCUT2D eigenvalue weighted by Gasteiger charge is -2.31. The second-order valence-electron chi connectivity index (χ2n) is 9.68. The van der Waals surface area contributed by atoms with Gasteiger partial charge in [0.05, 0.1) is 11.4 Å². The van der Waals surface area contributed by atoms with E-state index in [-0.39, 0.29) is 6.09 Å². The predicted molar refractivity (Wildman–Crippen MR) is 131 cm³/mol. The summed E-state index contributed by atoms with van der Waals surface area (Å²) in [4.78, 5) is 19.1. The van der Waals surface area contributed by atoms with Crippen molar-refractivity contribution in [2.24, 2.45) is 10.7 Å². The Morgan fingerprint density at radius 2 is 1.97 bits per heavy atom. The van der Waals surface area contributed by atoms with Crippen LogP contribution in [0.2, 0.25) is 0 Å². The fourth-order valence-electron chi connectivity index (χ4n) is 4.12. The molecule has 0 aromatic rings. The molecule has 2 aliphatic heterocycles. The van der Waals surface area contributed by atoms with Gasteiger partial charge >= 0.3 is 6.09 Å². The molecule has 3 rings (SSSR count). The van der Waals surface area contributed by atoms with Crippen LogP contribution in [-0.4, -0.2) is 35.4 Å². The van der Waals surface area contributed by atoms with E-state index in [1.54, 1.807) is 4.90 Å². The summed E-state index contributed by atoms with van der Waals surface area (Å²) in [6, 6.07) is 0. The monoisotopic (exact) mass is 435 g/mol. The smallest absolute Gasteiger partial charge is 0.410 e. The number of carbonyl (C=O) groups excluding carboxylic acids is 1. The minimum atomic E-state index is -0.460. The second kappa shape index (κ2) is 10.2. The molecule has 2 N–H and O–H groups in total. The number of nitrogens with two attached hydrogens (primary N) is 1. The Balaban J connectivity index is 1.73. The van der Waals surface area contributed by atoms with Crippen molar-refractivity contribution < 1.29 is 9.53 Å². The van der Waals surface area contributed by atoms with Gasteiger partial charge in [0.1, 0.15) is 5.60 Å². The molecule has 1 amide bonds. The molecule has 5 nitrogen and oxygen atoms in total. The van der Waals surface area contributed by atoms with Gasteiger partial charge in [0, 0.05) is 30.8 Å². The largest absolute Gasteiger partial charge is 0.444 e. The van der Waals surface area contributed by atoms with E-state index in [4.69, 9.17) is 15.5 Å². The summed E-state index contributed by atoms with van der Waals surface area (Å²) in [5.74, 6) is 0. The summed E-state index contributed by atoms with van der Waals surface area (Å²) in [7, 11) is 0. The van der Waals surface area contributed by atoms with Crippen LogP contribution >= 0.6 is 0 Å². The van der Waals surface area contributed by atoms with Crippen molar-refractivity contribution in [1.29, 1.82) is 0 Å². The highest BCUT2D eigenvalue weighted by Crippen LogP contribution is 2.29. The van der Waals surface area contributed by atoms with Crippen LogP contribution in [0.15, 0.2) is 68.7 Å². The Bertz CT molecular complexity index is 967. The first-order valence-corrected chi connectivity index (χ1v) is 11.7. The van der Waals surface area contributed by atoms with E-state index in [1.165, 1.54) is 16.7 Å². The number of nitrogens with zero attached hydrogens (tertiary/aromatic N) is 2. The topological polar surface area (TPSA) is 67.9 Å². The van der Waals surface area contributed by atoms with Gasteiger partial charge in [-0.1, -0.05) is 24.6 Å². The molecule has 1 saturated heterocycles. The summed E-state index contributed by atoms with van der Waals surface area (Å²) in [5.41, 5.74) is 16.9. The number of likely N-dealkylation sites (tertiary alicyclic amines) is 1. The van der Waals surface area contributed by atoms with Crippen molar-refractivity contribution in [2.45, 2.75) is 78.7 Å². The molecular weight excluding hydrogens is 398 g/mol. The number of allylic oxidation sites excluding steroid dienone is 6. The predicted octanol–water partition coefficient (Wildman–Crippen LogP) is 6.12. The Hall–Kier alpha value is -2.78. The molecule has 0 radical (unpaired) electrons.